The normalized spacial score (nSPS) is 28.4. The van der Waals surface area contributed by atoms with Gasteiger partial charge in [-0.2, -0.15) is 0 Å². The number of likely N-dealkylation sites (tertiary alicyclic amines) is 2. The lowest BCUT2D eigenvalue weighted by atomic mass is 9.92. The first-order valence-corrected chi connectivity index (χ1v) is 8.51. The molecule has 2 N–H and O–H groups in total. The Morgan fingerprint density at radius 3 is 2.39 bits per heavy atom. The second-order valence-corrected chi connectivity index (χ2v) is 6.58. The van der Waals surface area contributed by atoms with Gasteiger partial charge in [0.05, 0.1) is 18.4 Å². The van der Waals surface area contributed by atoms with Crippen molar-refractivity contribution >= 4 is 0 Å². The van der Waals surface area contributed by atoms with Crippen LogP contribution < -0.4 is 0 Å². The van der Waals surface area contributed by atoms with Crippen LogP contribution in [0, 0.1) is 5.92 Å². The molecule has 130 valence electrons. The fourth-order valence-corrected chi connectivity index (χ4v) is 3.68. The van der Waals surface area contributed by atoms with Crippen LogP contribution in [0.5, 0.6) is 0 Å². The van der Waals surface area contributed by atoms with Crippen molar-refractivity contribution in [2.75, 3.05) is 32.8 Å². The molecule has 0 aliphatic carbocycles. The predicted octanol–water partition coefficient (Wildman–Crippen LogP) is 2.07. The first-order valence-electron chi connectivity index (χ1n) is 8.51. The van der Waals surface area contributed by atoms with Crippen LogP contribution in [0.4, 0.5) is 4.39 Å². The number of hydrogen-bond donors (Lipinski definition) is 2. The molecular weight excluding hydrogens is 295 g/mol. The van der Waals surface area contributed by atoms with Gasteiger partial charge in [0.1, 0.15) is 5.83 Å². The second-order valence-electron chi connectivity index (χ2n) is 6.58. The molecule has 0 aromatic heterocycles. The standard InChI is InChI=1S/C18H29FN2O2/c1-3-17(19)18(4-2)20-8-5-14(6-9-20)12-21-10-7-16(23)11-15(21)13-22/h3-4,14-16,22-23H,1-2,5-13H2/b18-17-. The van der Waals surface area contributed by atoms with E-state index in [1.54, 1.807) is 6.08 Å². The van der Waals surface area contributed by atoms with Crippen LogP contribution in [-0.2, 0) is 0 Å². The predicted molar refractivity (Wildman–Crippen MR) is 90.5 cm³/mol. The minimum absolute atomic E-state index is 0.0682. The van der Waals surface area contributed by atoms with Crippen molar-refractivity contribution in [3.05, 3.63) is 36.8 Å². The third-order valence-electron chi connectivity index (χ3n) is 5.09. The zero-order chi connectivity index (χ0) is 16.8. The summed E-state index contributed by atoms with van der Waals surface area (Å²) in [6.07, 6.45) is 5.94. The highest BCUT2D eigenvalue weighted by molar-refractivity contribution is 5.25. The second kappa shape index (κ2) is 8.62. The molecule has 2 atom stereocenters. The largest absolute Gasteiger partial charge is 0.395 e. The maximum Gasteiger partial charge on any atom is 0.145 e. The number of nitrogens with zero attached hydrogens (tertiary/aromatic N) is 2. The van der Waals surface area contributed by atoms with Crippen LogP contribution in [0.2, 0.25) is 0 Å². The van der Waals surface area contributed by atoms with Gasteiger partial charge in [-0.25, -0.2) is 4.39 Å². The van der Waals surface area contributed by atoms with Crippen molar-refractivity contribution in [3.63, 3.8) is 0 Å². The van der Waals surface area contributed by atoms with Gasteiger partial charge < -0.3 is 15.1 Å². The summed E-state index contributed by atoms with van der Waals surface area (Å²) in [4.78, 5) is 4.34. The van der Waals surface area contributed by atoms with Gasteiger partial charge in [-0.15, -0.1) is 0 Å². The molecule has 5 heteroatoms. The highest BCUT2D eigenvalue weighted by Gasteiger charge is 2.30. The van der Waals surface area contributed by atoms with E-state index >= 15 is 0 Å². The van der Waals surface area contributed by atoms with E-state index in [9.17, 15) is 14.6 Å². The summed E-state index contributed by atoms with van der Waals surface area (Å²) in [5.74, 6) is 0.234. The lowest BCUT2D eigenvalue weighted by Gasteiger charge is -2.41. The number of aliphatic hydroxyl groups is 2. The van der Waals surface area contributed by atoms with Gasteiger partial charge in [0.15, 0.2) is 0 Å². The molecule has 2 heterocycles. The maximum atomic E-state index is 13.8. The number of halogens is 1. The molecule has 2 unspecified atom stereocenters. The van der Waals surface area contributed by atoms with Crippen molar-refractivity contribution in [1.82, 2.24) is 9.80 Å². The van der Waals surface area contributed by atoms with E-state index in [0.29, 0.717) is 18.0 Å². The Bertz CT molecular complexity index is 444. The van der Waals surface area contributed by atoms with E-state index in [4.69, 9.17) is 0 Å². The summed E-state index contributed by atoms with van der Waals surface area (Å²) in [6, 6.07) is 0.0682. The van der Waals surface area contributed by atoms with Crippen molar-refractivity contribution < 1.29 is 14.6 Å². The molecule has 0 amide bonds. The van der Waals surface area contributed by atoms with Crippen molar-refractivity contribution in [2.24, 2.45) is 5.92 Å². The average Bonchev–Trinajstić information content (AvgIpc) is 2.58. The monoisotopic (exact) mass is 324 g/mol. The molecule has 0 aromatic rings. The number of rotatable bonds is 6. The highest BCUT2D eigenvalue weighted by Crippen LogP contribution is 2.26. The van der Waals surface area contributed by atoms with Crippen molar-refractivity contribution in [2.45, 2.75) is 37.8 Å². The van der Waals surface area contributed by atoms with Crippen LogP contribution in [0.1, 0.15) is 25.7 Å². The summed E-state index contributed by atoms with van der Waals surface area (Å²) < 4.78 is 13.8. The summed E-state index contributed by atoms with van der Waals surface area (Å²) in [6.45, 7) is 10.7. The lowest BCUT2D eigenvalue weighted by Crippen LogP contribution is -2.49. The van der Waals surface area contributed by atoms with Crippen LogP contribution in [-0.4, -0.2) is 64.9 Å². The van der Waals surface area contributed by atoms with Crippen molar-refractivity contribution in [1.29, 1.82) is 0 Å². The Labute approximate surface area is 138 Å². The molecule has 0 saturated carbocycles. The van der Waals surface area contributed by atoms with Gasteiger partial charge in [0.2, 0.25) is 0 Å². The van der Waals surface area contributed by atoms with E-state index in [0.717, 1.165) is 45.4 Å². The Kier molecular flexibility index (Phi) is 6.81. The molecule has 0 bridgehead atoms. The van der Waals surface area contributed by atoms with Gasteiger partial charge in [0, 0.05) is 32.2 Å². The maximum absolute atomic E-state index is 13.8. The Morgan fingerprint density at radius 2 is 1.83 bits per heavy atom. The van der Waals surface area contributed by atoms with Gasteiger partial charge in [-0.3, -0.25) is 4.90 Å². The molecule has 0 radical (unpaired) electrons. The zero-order valence-corrected chi connectivity index (χ0v) is 13.8. The fraction of sp³-hybridized carbons (Fsp3) is 0.667. The van der Waals surface area contributed by atoms with E-state index < -0.39 is 0 Å². The summed E-state index contributed by atoms with van der Waals surface area (Å²) >= 11 is 0. The third kappa shape index (κ3) is 4.66. The number of allylic oxidation sites excluding steroid dienone is 3. The first-order chi connectivity index (χ1) is 11.1. The lowest BCUT2D eigenvalue weighted by molar-refractivity contribution is 0.00500. The van der Waals surface area contributed by atoms with Crippen LogP contribution in [0.25, 0.3) is 0 Å². The van der Waals surface area contributed by atoms with Gasteiger partial charge >= 0.3 is 0 Å². The number of hydrogen-bond acceptors (Lipinski definition) is 4. The highest BCUT2D eigenvalue weighted by atomic mass is 19.1. The first kappa shape index (κ1) is 18.2. The molecule has 4 nitrogen and oxygen atoms in total. The number of piperidine rings is 2. The number of aliphatic hydroxyl groups excluding tert-OH is 2. The minimum Gasteiger partial charge on any atom is -0.395 e. The minimum atomic E-state index is -0.316. The molecule has 2 rings (SSSR count). The molecule has 2 saturated heterocycles. The van der Waals surface area contributed by atoms with E-state index in [-0.39, 0.29) is 24.6 Å². The van der Waals surface area contributed by atoms with Crippen LogP contribution in [0.15, 0.2) is 36.8 Å². The van der Waals surface area contributed by atoms with Gasteiger partial charge in [-0.05, 0) is 43.8 Å². The van der Waals surface area contributed by atoms with Gasteiger partial charge in [0.25, 0.3) is 0 Å². The summed E-state index contributed by atoms with van der Waals surface area (Å²) in [7, 11) is 0. The Morgan fingerprint density at radius 1 is 1.13 bits per heavy atom. The summed E-state index contributed by atoms with van der Waals surface area (Å²) in [5.41, 5.74) is 0.535. The molecule has 2 aliphatic heterocycles. The fourth-order valence-electron chi connectivity index (χ4n) is 3.68. The Hall–Kier alpha value is -1.17. The molecule has 2 aliphatic rings. The SMILES string of the molecule is C=C/C(F)=C(\C=C)N1CCC(CN2CCC(O)CC2CO)CC1. The molecular formula is C18H29FN2O2. The zero-order valence-electron chi connectivity index (χ0n) is 13.8. The third-order valence-corrected chi connectivity index (χ3v) is 5.09. The van der Waals surface area contributed by atoms with Crippen molar-refractivity contribution in [3.8, 4) is 0 Å². The smallest absolute Gasteiger partial charge is 0.145 e. The molecule has 2 fully saturated rings. The Balaban J connectivity index is 1.87. The van der Waals surface area contributed by atoms with E-state index in [1.807, 2.05) is 4.90 Å². The van der Waals surface area contributed by atoms with E-state index in [1.165, 1.54) is 6.08 Å². The average molecular weight is 324 g/mol. The van der Waals surface area contributed by atoms with E-state index in [2.05, 4.69) is 18.1 Å². The molecule has 0 aromatic carbocycles. The molecule has 23 heavy (non-hydrogen) atoms. The van der Waals surface area contributed by atoms with Crippen LogP contribution >= 0.6 is 0 Å². The molecule has 0 spiro atoms. The van der Waals surface area contributed by atoms with Crippen LogP contribution in [0.3, 0.4) is 0 Å². The van der Waals surface area contributed by atoms with Gasteiger partial charge in [-0.1, -0.05) is 13.2 Å². The quantitative estimate of drug-likeness (QED) is 0.734. The summed E-state index contributed by atoms with van der Waals surface area (Å²) in [5, 5.41) is 19.2. The topological polar surface area (TPSA) is 46.9 Å².